The summed E-state index contributed by atoms with van der Waals surface area (Å²) in [4.78, 5) is 16.9. The van der Waals surface area contributed by atoms with E-state index in [0.29, 0.717) is 15.6 Å². The first kappa shape index (κ1) is 27.1. The number of carbonyl (C=O) groups is 1. The van der Waals surface area contributed by atoms with Crippen LogP contribution in [0.2, 0.25) is 0 Å². The maximum atomic E-state index is 14.1. The van der Waals surface area contributed by atoms with E-state index in [0.717, 1.165) is 11.3 Å². The summed E-state index contributed by atoms with van der Waals surface area (Å²) >= 11 is 0.997. The van der Waals surface area contributed by atoms with Gasteiger partial charge in [-0.2, -0.15) is 23.3 Å². The maximum absolute atomic E-state index is 14.1. The molecule has 0 saturated carbocycles. The zero-order chi connectivity index (χ0) is 27.9. The second-order valence-electron chi connectivity index (χ2n) is 10.1. The molecule has 1 aliphatic heterocycles. The van der Waals surface area contributed by atoms with E-state index >= 15 is 0 Å². The zero-order valence-corrected chi connectivity index (χ0v) is 22.0. The number of amides is 1. The quantitative estimate of drug-likeness (QED) is 0.312. The number of rotatable bonds is 7. The summed E-state index contributed by atoms with van der Waals surface area (Å²) in [6.07, 6.45) is -4.90. The first-order valence-corrected chi connectivity index (χ1v) is 12.9. The highest BCUT2D eigenvalue weighted by atomic mass is 32.1. The van der Waals surface area contributed by atoms with Crippen molar-refractivity contribution in [1.82, 2.24) is 25.2 Å². The second kappa shape index (κ2) is 10.2. The van der Waals surface area contributed by atoms with E-state index in [2.05, 4.69) is 20.6 Å². The van der Waals surface area contributed by atoms with Gasteiger partial charge in [-0.3, -0.25) is 9.48 Å². The molecule has 0 unspecified atom stereocenters. The molecule has 208 valence electrons. The van der Waals surface area contributed by atoms with Crippen LogP contribution in [-0.4, -0.2) is 57.5 Å². The third-order valence-corrected chi connectivity index (χ3v) is 7.26. The lowest BCUT2D eigenvalue weighted by Gasteiger charge is -2.18. The lowest BCUT2D eigenvalue weighted by molar-refractivity contribution is -0.126. The van der Waals surface area contributed by atoms with Gasteiger partial charge in [-0.25, -0.2) is 4.39 Å². The van der Waals surface area contributed by atoms with Gasteiger partial charge < -0.3 is 19.3 Å². The molecule has 1 aliphatic rings. The molecule has 4 aromatic rings. The monoisotopic (exact) mass is 567 g/mol. The summed E-state index contributed by atoms with van der Waals surface area (Å²) < 4.78 is 72.9. The van der Waals surface area contributed by atoms with Crippen LogP contribution in [0.3, 0.4) is 0 Å². The molecule has 5 rings (SSSR count). The summed E-state index contributed by atoms with van der Waals surface area (Å²) in [5.41, 5.74) is -0.0162. The Labute approximate surface area is 224 Å². The molecule has 14 heteroatoms. The number of fused-ring (bicyclic) bond motifs is 1. The van der Waals surface area contributed by atoms with E-state index in [1.807, 2.05) is 20.8 Å². The smallest absolute Gasteiger partial charge is 0.393 e. The highest BCUT2D eigenvalue weighted by Gasteiger charge is 2.34. The van der Waals surface area contributed by atoms with Crippen LogP contribution in [0.5, 0.6) is 5.75 Å². The van der Waals surface area contributed by atoms with Gasteiger partial charge in [-0.15, -0.1) is 11.3 Å². The van der Waals surface area contributed by atoms with Gasteiger partial charge in [0.15, 0.2) is 12.3 Å². The molecule has 39 heavy (non-hydrogen) atoms. The highest BCUT2D eigenvalue weighted by Crippen LogP contribution is 2.44. The molecule has 1 aromatic carbocycles. The Morgan fingerprint density at radius 2 is 2.05 bits per heavy atom. The third-order valence-electron chi connectivity index (χ3n) is 6.00. The predicted octanol–water partition coefficient (Wildman–Crippen LogP) is 5.05. The van der Waals surface area contributed by atoms with Crippen molar-refractivity contribution in [2.45, 2.75) is 57.7 Å². The van der Waals surface area contributed by atoms with Crippen molar-refractivity contribution in [2.75, 3.05) is 13.2 Å². The molecular weight excluding hydrogens is 542 g/mol. The lowest BCUT2D eigenvalue weighted by Crippen LogP contribution is -2.26. The van der Waals surface area contributed by atoms with E-state index in [4.69, 9.17) is 14.0 Å². The Kier molecular flexibility index (Phi) is 7.10. The van der Waals surface area contributed by atoms with Crippen molar-refractivity contribution in [3.05, 3.63) is 47.6 Å². The summed E-state index contributed by atoms with van der Waals surface area (Å²) in [6, 6.07) is 4.67. The van der Waals surface area contributed by atoms with E-state index < -0.39 is 30.8 Å². The van der Waals surface area contributed by atoms with Crippen molar-refractivity contribution < 1.29 is 36.4 Å². The van der Waals surface area contributed by atoms with Crippen LogP contribution in [0.4, 0.5) is 17.6 Å². The topological polar surface area (TPSA) is 104 Å². The maximum Gasteiger partial charge on any atom is 0.393 e. The molecule has 0 bridgehead atoms. The van der Waals surface area contributed by atoms with Gasteiger partial charge in [-0.05, 0) is 32.4 Å². The van der Waals surface area contributed by atoms with Gasteiger partial charge in [0.05, 0.1) is 53.1 Å². The highest BCUT2D eigenvalue weighted by molar-refractivity contribution is 7.22. The van der Waals surface area contributed by atoms with Crippen LogP contribution in [0, 0.1) is 0 Å². The van der Waals surface area contributed by atoms with Crippen molar-refractivity contribution in [2.24, 2.45) is 0 Å². The van der Waals surface area contributed by atoms with Crippen LogP contribution in [0.1, 0.15) is 42.6 Å². The Hall–Kier alpha value is -3.52. The fourth-order valence-corrected chi connectivity index (χ4v) is 5.26. The van der Waals surface area contributed by atoms with Gasteiger partial charge in [0.2, 0.25) is 11.7 Å². The minimum atomic E-state index is -4.51. The van der Waals surface area contributed by atoms with E-state index in [9.17, 15) is 22.4 Å². The molecule has 2 atom stereocenters. The molecule has 0 radical (unpaired) electrons. The minimum Gasteiger partial charge on any atom is -0.483 e. The summed E-state index contributed by atoms with van der Waals surface area (Å²) in [5.74, 6) is -0.221. The molecule has 3 aromatic heterocycles. The minimum absolute atomic E-state index is 0.0110. The molecular formula is C25H25F4N5O4S. The Bertz CT molecular complexity index is 1490. The number of hydrogen-bond acceptors (Lipinski definition) is 8. The van der Waals surface area contributed by atoms with E-state index in [-0.39, 0.29) is 53.2 Å². The first-order valence-electron chi connectivity index (χ1n) is 12.0. The van der Waals surface area contributed by atoms with Gasteiger partial charge in [0, 0.05) is 11.6 Å². The molecule has 4 heterocycles. The van der Waals surface area contributed by atoms with Crippen molar-refractivity contribution in [1.29, 1.82) is 0 Å². The van der Waals surface area contributed by atoms with E-state index in [1.165, 1.54) is 6.20 Å². The average molecular weight is 568 g/mol. The van der Waals surface area contributed by atoms with Crippen molar-refractivity contribution in [3.8, 4) is 16.5 Å². The molecule has 0 spiro atoms. The number of carbonyl (C=O) groups excluding carboxylic acids is 1. The number of halogens is 4. The summed E-state index contributed by atoms with van der Waals surface area (Å²) in [7, 11) is 0. The molecule has 1 amide bonds. The van der Waals surface area contributed by atoms with Gasteiger partial charge in [0.1, 0.15) is 5.75 Å². The van der Waals surface area contributed by atoms with E-state index in [1.54, 1.807) is 29.1 Å². The average Bonchev–Trinajstić information content (AvgIpc) is 3.64. The van der Waals surface area contributed by atoms with Crippen LogP contribution < -0.4 is 10.1 Å². The molecule has 0 aliphatic carbocycles. The molecule has 1 N–H and O–H groups in total. The predicted molar refractivity (Wildman–Crippen MR) is 133 cm³/mol. The van der Waals surface area contributed by atoms with Gasteiger partial charge in [0.25, 0.3) is 5.91 Å². The second-order valence-corrected chi connectivity index (χ2v) is 11.1. The first-order chi connectivity index (χ1) is 18.4. The van der Waals surface area contributed by atoms with Crippen LogP contribution in [-0.2, 0) is 23.2 Å². The third kappa shape index (κ3) is 5.91. The van der Waals surface area contributed by atoms with Crippen LogP contribution >= 0.6 is 11.3 Å². The SMILES string of the molecule is CC(C)(C)n1cc(C(=O)NCc2nc(-c3sc4c(O[C@@H]5COC[C@@H]5F)cccc4c3CC(F)(F)F)no2)cn1. The number of benzene rings is 1. The van der Waals surface area contributed by atoms with Crippen molar-refractivity contribution >= 4 is 27.3 Å². The normalized spacial score (nSPS) is 18.1. The summed E-state index contributed by atoms with van der Waals surface area (Å²) in [6.45, 7) is 5.63. The Balaban J connectivity index is 1.40. The van der Waals surface area contributed by atoms with Crippen LogP contribution in [0.15, 0.2) is 35.1 Å². The number of ether oxygens (including phenoxy) is 2. The number of hydrogen-bond donors (Lipinski definition) is 1. The van der Waals surface area contributed by atoms with Crippen molar-refractivity contribution in [3.63, 3.8) is 0 Å². The zero-order valence-electron chi connectivity index (χ0n) is 21.2. The largest absolute Gasteiger partial charge is 0.483 e. The number of nitrogens with zero attached hydrogens (tertiary/aromatic N) is 4. The van der Waals surface area contributed by atoms with Crippen LogP contribution in [0.25, 0.3) is 20.8 Å². The van der Waals surface area contributed by atoms with Gasteiger partial charge in [-0.1, -0.05) is 17.3 Å². The molecule has 1 saturated heterocycles. The fraction of sp³-hybridized carbons (Fsp3) is 0.440. The number of aromatic nitrogens is 4. The number of alkyl halides is 4. The fourth-order valence-electron chi connectivity index (χ4n) is 4.06. The summed E-state index contributed by atoms with van der Waals surface area (Å²) in [5, 5.41) is 11.0. The van der Waals surface area contributed by atoms with Gasteiger partial charge >= 0.3 is 6.18 Å². The standard InChI is InChI=1S/C25H25F4N5O4S/c1-24(2,3)34-10-13(8-31-34)23(35)30-9-19-32-22(33-38-19)21-15(7-25(27,28)29)14-5-4-6-17(20(14)39-21)37-18-12-36-11-16(18)26/h4-6,8,10,16,18H,7,9,11-12H2,1-3H3,(H,30,35)/t16-,18+/m0/s1. The Morgan fingerprint density at radius 1 is 1.26 bits per heavy atom. The molecule has 1 fully saturated rings. The molecule has 9 nitrogen and oxygen atoms in total. The number of thiophene rings is 1. The Morgan fingerprint density at radius 3 is 2.72 bits per heavy atom. The number of nitrogens with one attached hydrogen (secondary N) is 1. The lowest BCUT2D eigenvalue weighted by atomic mass is 10.1.